The highest BCUT2D eigenvalue weighted by atomic mass is 32.1. The minimum Gasteiger partial charge on any atom is -0.494 e. The quantitative estimate of drug-likeness (QED) is 0.231. The standard InChI is InChI=1S/C29H27FN4O4S/c1-17-8-9-20(26(35)32-21-11-12-21)15-23(17)33-28-34-25(19-10-13-24(37-2)22(30)14-19)27(39-28)38-29(36)31-16-18-6-4-3-5-7-18/h3-10,13-15,21H,11-12,16H2,1-2H3,(H,31,36)(H,32,35)(H,33,34). The highest BCUT2D eigenvalue weighted by molar-refractivity contribution is 7.18. The maximum atomic E-state index is 14.5. The van der Waals surface area contributed by atoms with Crippen LogP contribution in [-0.4, -0.2) is 30.1 Å². The van der Waals surface area contributed by atoms with E-state index in [9.17, 15) is 14.0 Å². The molecule has 2 amide bonds. The van der Waals surface area contributed by atoms with E-state index in [1.807, 2.05) is 43.3 Å². The largest absolute Gasteiger partial charge is 0.494 e. The number of hydrogen-bond acceptors (Lipinski definition) is 7. The fraction of sp³-hybridized carbons (Fsp3) is 0.207. The van der Waals surface area contributed by atoms with Crippen molar-refractivity contribution in [1.82, 2.24) is 15.6 Å². The summed E-state index contributed by atoms with van der Waals surface area (Å²) in [5.41, 5.74) is 3.73. The van der Waals surface area contributed by atoms with E-state index in [2.05, 4.69) is 20.9 Å². The molecule has 10 heteroatoms. The number of aromatic nitrogens is 1. The van der Waals surface area contributed by atoms with Crippen LogP contribution >= 0.6 is 11.3 Å². The maximum absolute atomic E-state index is 14.5. The third kappa shape index (κ3) is 6.53. The molecule has 1 aliphatic rings. The van der Waals surface area contributed by atoms with Crippen LogP contribution < -0.4 is 25.4 Å². The topological polar surface area (TPSA) is 102 Å². The Morgan fingerprint density at radius 3 is 2.59 bits per heavy atom. The lowest BCUT2D eigenvalue weighted by molar-refractivity contribution is 0.0951. The Hall–Kier alpha value is -4.44. The van der Waals surface area contributed by atoms with Crippen LogP contribution in [-0.2, 0) is 6.54 Å². The summed E-state index contributed by atoms with van der Waals surface area (Å²) >= 11 is 1.10. The van der Waals surface area contributed by atoms with Crippen molar-refractivity contribution >= 4 is 34.2 Å². The number of halogens is 1. The molecule has 0 unspecified atom stereocenters. The van der Waals surface area contributed by atoms with Crippen LogP contribution in [0.2, 0.25) is 0 Å². The summed E-state index contributed by atoms with van der Waals surface area (Å²) in [5, 5.41) is 9.54. The predicted molar refractivity (Wildman–Crippen MR) is 148 cm³/mol. The molecule has 1 aromatic heterocycles. The van der Waals surface area contributed by atoms with Gasteiger partial charge in [0.15, 0.2) is 16.7 Å². The number of carbonyl (C=O) groups is 2. The molecule has 0 atom stereocenters. The number of aryl methyl sites for hydroxylation is 1. The van der Waals surface area contributed by atoms with E-state index in [0.717, 1.165) is 35.3 Å². The lowest BCUT2D eigenvalue weighted by atomic mass is 10.1. The average molecular weight is 547 g/mol. The second kappa shape index (κ2) is 11.5. The third-order valence-corrected chi connectivity index (χ3v) is 6.99. The lowest BCUT2D eigenvalue weighted by Crippen LogP contribution is -2.26. The van der Waals surface area contributed by atoms with Gasteiger partial charge in [0.1, 0.15) is 5.69 Å². The number of hydrogen-bond donors (Lipinski definition) is 3. The van der Waals surface area contributed by atoms with Crippen molar-refractivity contribution < 1.29 is 23.5 Å². The molecular weight excluding hydrogens is 519 g/mol. The van der Waals surface area contributed by atoms with Gasteiger partial charge in [-0.25, -0.2) is 14.2 Å². The Morgan fingerprint density at radius 1 is 1.08 bits per heavy atom. The summed E-state index contributed by atoms with van der Waals surface area (Å²) in [6.07, 6.45) is 1.33. The molecule has 1 aliphatic carbocycles. The molecule has 200 valence electrons. The zero-order valence-corrected chi connectivity index (χ0v) is 22.2. The number of rotatable bonds is 9. The van der Waals surface area contributed by atoms with Crippen LogP contribution in [0.5, 0.6) is 10.8 Å². The number of nitrogens with zero attached hydrogens (tertiary/aromatic N) is 1. The van der Waals surface area contributed by atoms with Crippen molar-refractivity contribution in [2.24, 2.45) is 0 Å². The number of thiazole rings is 1. The number of carbonyl (C=O) groups excluding carboxylic acids is 2. The van der Waals surface area contributed by atoms with E-state index in [1.54, 1.807) is 18.2 Å². The second-order valence-electron chi connectivity index (χ2n) is 9.14. The second-order valence-corrected chi connectivity index (χ2v) is 10.1. The van der Waals surface area contributed by atoms with Gasteiger partial charge in [-0.1, -0.05) is 47.7 Å². The van der Waals surface area contributed by atoms with Crippen LogP contribution in [0.4, 0.5) is 20.0 Å². The molecule has 4 aromatic rings. The summed E-state index contributed by atoms with van der Waals surface area (Å²) in [6, 6.07) is 19.5. The molecule has 5 rings (SSSR count). The molecule has 3 aromatic carbocycles. The van der Waals surface area contributed by atoms with Gasteiger partial charge in [-0.3, -0.25) is 4.79 Å². The van der Waals surface area contributed by atoms with Crippen molar-refractivity contribution in [2.45, 2.75) is 32.4 Å². The van der Waals surface area contributed by atoms with Gasteiger partial charge in [0, 0.05) is 29.4 Å². The van der Waals surface area contributed by atoms with E-state index in [-0.39, 0.29) is 29.3 Å². The Balaban J connectivity index is 1.40. The molecule has 1 saturated carbocycles. The van der Waals surface area contributed by atoms with Crippen molar-refractivity contribution in [3.05, 3.63) is 89.2 Å². The fourth-order valence-corrected chi connectivity index (χ4v) is 4.68. The molecule has 0 spiro atoms. The minimum absolute atomic E-state index is 0.0901. The summed E-state index contributed by atoms with van der Waals surface area (Å²) in [6.45, 7) is 2.19. The first kappa shape index (κ1) is 26.2. The maximum Gasteiger partial charge on any atom is 0.413 e. The van der Waals surface area contributed by atoms with Crippen LogP contribution in [0.15, 0.2) is 66.7 Å². The monoisotopic (exact) mass is 546 g/mol. The first-order chi connectivity index (χ1) is 18.9. The van der Waals surface area contributed by atoms with Gasteiger partial charge in [-0.05, 0) is 61.2 Å². The zero-order chi connectivity index (χ0) is 27.4. The Labute approximate surface area is 229 Å². The average Bonchev–Trinajstić information content (AvgIpc) is 3.67. The number of methoxy groups -OCH3 is 1. The van der Waals surface area contributed by atoms with Crippen molar-refractivity contribution in [1.29, 1.82) is 0 Å². The molecule has 0 saturated heterocycles. The molecule has 8 nitrogen and oxygen atoms in total. The number of benzene rings is 3. The van der Waals surface area contributed by atoms with Crippen molar-refractivity contribution in [2.75, 3.05) is 12.4 Å². The van der Waals surface area contributed by atoms with Gasteiger partial charge in [0.05, 0.1) is 7.11 Å². The van der Waals surface area contributed by atoms with E-state index in [1.165, 1.54) is 19.2 Å². The number of nitrogens with one attached hydrogen (secondary N) is 3. The highest BCUT2D eigenvalue weighted by Gasteiger charge is 2.24. The predicted octanol–water partition coefficient (Wildman–Crippen LogP) is 6.19. The third-order valence-electron chi connectivity index (χ3n) is 6.14. The SMILES string of the molecule is COc1ccc(-c2nc(Nc3cc(C(=O)NC4CC4)ccc3C)sc2OC(=O)NCc2ccccc2)cc1F. The first-order valence-electron chi connectivity index (χ1n) is 12.4. The lowest BCUT2D eigenvalue weighted by Gasteiger charge is -2.10. The summed E-state index contributed by atoms with van der Waals surface area (Å²) < 4.78 is 25.2. The summed E-state index contributed by atoms with van der Waals surface area (Å²) in [7, 11) is 1.38. The molecular formula is C29H27FN4O4S. The molecule has 0 aliphatic heterocycles. The van der Waals surface area contributed by atoms with Crippen LogP contribution in [0, 0.1) is 12.7 Å². The van der Waals surface area contributed by atoms with E-state index < -0.39 is 11.9 Å². The van der Waals surface area contributed by atoms with Gasteiger partial charge in [-0.2, -0.15) is 0 Å². The van der Waals surface area contributed by atoms with Crippen LogP contribution in [0.3, 0.4) is 0 Å². The van der Waals surface area contributed by atoms with Gasteiger partial charge in [0.25, 0.3) is 5.91 Å². The van der Waals surface area contributed by atoms with E-state index >= 15 is 0 Å². The van der Waals surface area contributed by atoms with E-state index in [4.69, 9.17) is 9.47 Å². The summed E-state index contributed by atoms with van der Waals surface area (Å²) in [4.78, 5) is 29.8. The van der Waals surface area contributed by atoms with E-state index in [0.29, 0.717) is 27.6 Å². The minimum atomic E-state index is -0.667. The molecule has 3 N–H and O–H groups in total. The van der Waals surface area contributed by atoms with Crippen LogP contribution in [0.25, 0.3) is 11.3 Å². The normalized spacial score (nSPS) is 12.5. The number of anilines is 2. The van der Waals surface area contributed by atoms with Gasteiger partial charge < -0.3 is 25.4 Å². The fourth-order valence-electron chi connectivity index (χ4n) is 3.82. The Kier molecular flexibility index (Phi) is 7.74. The molecule has 1 fully saturated rings. The zero-order valence-electron chi connectivity index (χ0n) is 21.4. The molecule has 0 radical (unpaired) electrons. The highest BCUT2D eigenvalue weighted by Crippen LogP contribution is 2.40. The molecule has 0 bridgehead atoms. The Morgan fingerprint density at radius 2 is 1.87 bits per heavy atom. The number of amides is 2. The van der Waals surface area contributed by atoms with Crippen molar-refractivity contribution in [3.63, 3.8) is 0 Å². The number of ether oxygens (including phenoxy) is 2. The van der Waals surface area contributed by atoms with Gasteiger partial charge >= 0.3 is 6.09 Å². The smallest absolute Gasteiger partial charge is 0.413 e. The van der Waals surface area contributed by atoms with Crippen LogP contribution in [0.1, 0.15) is 34.3 Å². The van der Waals surface area contributed by atoms with Gasteiger partial charge in [0.2, 0.25) is 5.06 Å². The summed E-state index contributed by atoms with van der Waals surface area (Å²) in [5.74, 6) is -0.609. The van der Waals surface area contributed by atoms with Crippen molar-refractivity contribution in [3.8, 4) is 22.1 Å². The first-order valence-corrected chi connectivity index (χ1v) is 13.2. The Bertz CT molecular complexity index is 1500. The van der Waals surface area contributed by atoms with Gasteiger partial charge in [-0.15, -0.1) is 0 Å². The molecule has 1 heterocycles. The molecule has 39 heavy (non-hydrogen) atoms.